The monoisotopic (exact) mass is 426 g/mol. The topological polar surface area (TPSA) is 95.9 Å². The second-order valence-electron chi connectivity index (χ2n) is 6.79. The lowest BCUT2D eigenvalue weighted by Gasteiger charge is -2.14. The SMILES string of the molecule is CCOc1cc(/C=C2/SC(=O)N(CC(=O)Nc3cc(C)ccc3C)C2=O)ccc1O. The molecule has 1 heterocycles. The molecule has 0 atom stereocenters. The van der Waals surface area contributed by atoms with Crippen molar-refractivity contribution in [2.45, 2.75) is 20.8 Å². The van der Waals surface area contributed by atoms with Crippen LogP contribution in [0.15, 0.2) is 41.3 Å². The van der Waals surface area contributed by atoms with Crippen LogP contribution in [0, 0.1) is 13.8 Å². The van der Waals surface area contributed by atoms with Crippen LogP contribution in [0.4, 0.5) is 10.5 Å². The Morgan fingerprint density at radius 2 is 1.97 bits per heavy atom. The van der Waals surface area contributed by atoms with Crippen LogP contribution in [0.3, 0.4) is 0 Å². The van der Waals surface area contributed by atoms with Gasteiger partial charge in [0.2, 0.25) is 5.91 Å². The third-order valence-electron chi connectivity index (χ3n) is 4.42. The fourth-order valence-corrected chi connectivity index (χ4v) is 3.72. The first kappa shape index (κ1) is 21.4. The largest absolute Gasteiger partial charge is 0.504 e. The molecule has 0 bridgehead atoms. The van der Waals surface area contributed by atoms with Gasteiger partial charge in [-0.25, -0.2) is 0 Å². The summed E-state index contributed by atoms with van der Waals surface area (Å²) in [4.78, 5) is 38.5. The zero-order chi connectivity index (χ0) is 21.8. The molecule has 0 spiro atoms. The van der Waals surface area contributed by atoms with Gasteiger partial charge >= 0.3 is 0 Å². The predicted octanol–water partition coefficient (Wildman–Crippen LogP) is 4.08. The average molecular weight is 426 g/mol. The second-order valence-corrected chi connectivity index (χ2v) is 7.79. The molecule has 2 aromatic carbocycles. The molecule has 3 rings (SSSR count). The standard InChI is InChI=1S/C22H22N2O5S/c1-4-29-18-10-15(7-8-17(18)25)11-19-21(27)24(22(28)30-19)12-20(26)23-16-9-13(2)5-6-14(16)3/h5-11,25H,4,12H2,1-3H3,(H,23,26)/b19-11+. The van der Waals surface area contributed by atoms with Gasteiger partial charge in [0, 0.05) is 5.69 Å². The van der Waals surface area contributed by atoms with Crippen molar-refractivity contribution in [3.63, 3.8) is 0 Å². The third kappa shape index (κ3) is 4.83. The Kier molecular flexibility index (Phi) is 6.47. The summed E-state index contributed by atoms with van der Waals surface area (Å²) >= 11 is 0.769. The van der Waals surface area contributed by atoms with Crippen molar-refractivity contribution in [3.05, 3.63) is 58.0 Å². The lowest BCUT2D eigenvalue weighted by atomic mass is 10.1. The number of rotatable bonds is 6. The van der Waals surface area contributed by atoms with Crippen molar-refractivity contribution in [2.24, 2.45) is 0 Å². The highest BCUT2D eigenvalue weighted by atomic mass is 32.2. The Labute approximate surface area is 178 Å². The maximum Gasteiger partial charge on any atom is 0.294 e. The van der Waals surface area contributed by atoms with Gasteiger partial charge in [-0.15, -0.1) is 0 Å². The summed E-state index contributed by atoms with van der Waals surface area (Å²) < 4.78 is 5.34. The van der Waals surface area contributed by atoms with Crippen LogP contribution in [0.25, 0.3) is 6.08 Å². The second kappa shape index (κ2) is 9.04. The maximum atomic E-state index is 12.7. The van der Waals surface area contributed by atoms with Gasteiger partial charge in [-0.3, -0.25) is 19.3 Å². The Balaban J connectivity index is 1.73. The summed E-state index contributed by atoms with van der Waals surface area (Å²) in [6.45, 7) is 5.58. The number of phenolic OH excluding ortho intramolecular Hbond substituents is 1. The highest BCUT2D eigenvalue weighted by Gasteiger charge is 2.36. The van der Waals surface area contributed by atoms with E-state index in [0.29, 0.717) is 23.6 Å². The van der Waals surface area contributed by atoms with Gasteiger partial charge in [0.1, 0.15) is 6.54 Å². The van der Waals surface area contributed by atoms with E-state index in [0.717, 1.165) is 27.8 Å². The van der Waals surface area contributed by atoms with E-state index in [-0.39, 0.29) is 17.2 Å². The molecular formula is C22H22N2O5S. The molecule has 2 N–H and O–H groups in total. The number of phenols is 1. The molecule has 0 aromatic heterocycles. The minimum absolute atomic E-state index is 0.00906. The molecule has 1 saturated heterocycles. The Morgan fingerprint density at radius 1 is 1.20 bits per heavy atom. The van der Waals surface area contributed by atoms with E-state index in [1.165, 1.54) is 12.1 Å². The number of nitrogens with one attached hydrogen (secondary N) is 1. The Bertz CT molecular complexity index is 1050. The summed E-state index contributed by atoms with van der Waals surface area (Å²) in [6, 6.07) is 10.3. The normalized spacial score (nSPS) is 15.0. The first-order chi connectivity index (χ1) is 14.3. The number of nitrogens with zero attached hydrogens (tertiary/aromatic N) is 1. The summed E-state index contributed by atoms with van der Waals surface area (Å²) in [7, 11) is 0. The first-order valence-electron chi connectivity index (χ1n) is 9.36. The number of hydrogen-bond acceptors (Lipinski definition) is 6. The maximum absolute atomic E-state index is 12.7. The van der Waals surface area contributed by atoms with Crippen molar-refractivity contribution in [3.8, 4) is 11.5 Å². The highest BCUT2D eigenvalue weighted by molar-refractivity contribution is 8.18. The number of ether oxygens (including phenoxy) is 1. The molecule has 30 heavy (non-hydrogen) atoms. The van der Waals surface area contributed by atoms with Crippen LogP contribution in [0.1, 0.15) is 23.6 Å². The molecule has 0 aliphatic carbocycles. The lowest BCUT2D eigenvalue weighted by Crippen LogP contribution is -2.36. The minimum Gasteiger partial charge on any atom is -0.504 e. The van der Waals surface area contributed by atoms with Gasteiger partial charge in [0.15, 0.2) is 11.5 Å². The molecule has 1 fully saturated rings. The fourth-order valence-electron chi connectivity index (χ4n) is 2.88. The molecular weight excluding hydrogens is 404 g/mol. The quantitative estimate of drug-likeness (QED) is 0.676. The first-order valence-corrected chi connectivity index (χ1v) is 10.2. The van der Waals surface area contributed by atoms with E-state index in [4.69, 9.17) is 4.74 Å². The van der Waals surface area contributed by atoms with Crippen molar-refractivity contribution in [1.29, 1.82) is 0 Å². The molecule has 0 unspecified atom stereocenters. The number of amides is 3. The van der Waals surface area contributed by atoms with Gasteiger partial charge in [-0.1, -0.05) is 18.2 Å². The molecule has 0 radical (unpaired) electrons. The average Bonchev–Trinajstić information content (AvgIpc) is 2.95. The zero-order valence-electron chi connectivity index (χ0n) is 16.9. The van der Waals surface area contributed by atoms with E-state index in [9.17, 15) is 19.5 Å². The molecule has 3 amide bonds. The number of aryl methyl sites for hydroxylation is 2. The number of aromatic hydroxyl groups is 1. The van der Waals surface area contributed by atoms with Gasteiger partial charge in [-0.2, -0.15) is 0 Å². The molecule has 156 valence electrons. The van der Waals surface area contributed by atoms with E-state index in [2.05, 4.69) is 5.32 Å². The van der Waals surface area contributed by atoms with Crippen molar-refractivity contribution in [2.75, 3.05) is 18.5 Å². The number of benzene rings is 2. The summed E-state index contributed by atoms with van der Waals surface area (Å²) in [6.07, 6.45) is 1.54. The van der Waals surface area contributed by atoms with Crippen LogP contribution in [-0.2, 0) is 9.59 Å². The van der Waals surface area contributed by atoms with Gasteiger partial charge < -0.3 is 15.2 Å². The highest BCUT2D eigenvalue weighted by Crippen LogP contribution is 2.34. The molecule has 1 aliphatic rings. The van der Waals surface area contributed by atoms with Gasteiger partial charge in [0.05, 0.1) is 11.5 Å². The zero-order valence-corrected chi connectivity index (χ0v) is 17.7. The molecule has 0 saturated carbocycles. The smallest absolute Gasteiger partial charge is 0.294 e. The number of imide groups is 1. The van der Waals surface area contributed by atoms with E-state index >= 15 is 0 Å². The van der Waals surface area contributed by atoms with Crippen molar-refractivity contribution < 1.29 is 24.2 Å². The number of anilines is 1. The van der Waals surface area contributed by atoms with Crippen LogP contribution < -0.4 is 10.1 Å². The number of thioether (sulfide) groups is 1. The summed E-state index contributed by atoms with van der Waals surface area (Å²) in [5, 5.41) is 12.0. The van der Waals surface area contributed by atoms with Crippen LogP contribution in [-0.4, -0.2) is 40.2 Å². The number of carbonyl (C=O) groups excluding carboxylic acids is 3. The third-order valence-corrected chi connectivity index (χ3v) is 5.33. The van der Waals surface area contributed by atoms with Crippen molar-refractivity contribution >= 4 is 40.6 Å². The lowest BCUT2D eigenvalue weighted by molar-refractivity contribution is -0.127. The molecule has 8 heteroatoms. The summed E-state index contributed by atoms with van der Waals surface area (Å²) in [5.74, 6) is -0.703. The predicted molar refractivity (Wildman–Crippen MR) is 116 cm³/mol. The number of hydrogen-bond donors (Lipinski definition) is 2. The van der Waals surface area contributed by atoms with Gasteiger partial charge in [-0.05, 0) is 73.5 Å². The van der Waals surface area contributed by atoms with E-state index in [1.807, 2.05) is 32.0 Å². The van der Waals surface area contributed by atoms with E-state index < -0.39 is 17.1 Å². The number of carbonyl (C=O) groups is 3. The van der Waals surface area contributed by atoms with Crippen LogP contribution >= 0.6 is 11.8 Å². The van der Waals surface area contributed by atoms with E-state index in [1.54, 1.807) is 19.1 Å². The van der Waals surface area contributed by atoms with Crippen molar-refractivity contribution in [1.82, 2.24) is 4.90 Å². The molecule has 7 nitrogen and oxygen atoms in total. The Morgan fingerprint density at radius 3 is 2.70 bits per heavy atom. The molecule has 1 aliphatic heterocycles. The van der Waals surface area contributed by atoms with Crippen LogP contribution in [0.2, 0.25) is 0 Å². The molecule has 2 aromatic rings. The Hall–Kier alpha value is -3.26. The fraction of sp³-hybridized carbons (Fsp3) is 0.227. The summed E-state index contributed by atoms with van der Waals surface area (Å²) in [5.41, 5.74) is 3.13. The minimum atomic E-state index is -0.535. The van der Waals surface area contributed by atoms with Gasteiger partial charge in [0.25, 0.3) is 11.1 Å². The van der Waals surface area contributed by atoms with Crippen LogP contribution in [0.5, 0.6) is 11.5 Å².